The molecule has 2 heterocycles. The van der Waals surface area contributed by atoms with Crippen molar-refractivity contribution in [3.8, 4) is 5.75 Å². The second kappa shape index (κ2) is 7.49. The molecule has 0 spiro atoms. The number of nitrogens with zero attached hydrogens (tertiary/aromatic N) is 3. The lowest BCUT2D eigenvalue weighted by atomic mass is 10.1. The quantitative estimate of drug-likeness (QED) is 0.913. The lowest BCUT2D eigenvalue weighted by Crippen LogP contribution is -2.31. The second-order valence-corrected chi connectivity index (χ2v) is 6.18. The number of piperidine rings is 1. The Morgan fingerprint density at radius 3 is 3.04 bits per heavy atom. The minimum Gasteiger partial charge on any atom is -0.496 e. The molecule has 3 rings (SSSR count). The van der Waals surface area contributed by atoms with Gasteiger partial charge in [0, 0.05) is 37.9 Å². The number of aromatic nitrogens is 2. The first-order valence-electron chi connectivity index (χ1n) is 8.30. The molecule has 1 fully saturated rings. The topological polar surface area (TPSA) is 59.4 Å². The minimum absolute atomic E-state index is 0.0802. The average Bonchev–Trinajstić information content (AvgIpc) is 3.12. The van der Waals surface area contributed by atoms with E-state index in [0.717, 1.165) is 37.2 Å². The third-order valence-corrected chi connectivity index (χ3v) is 4.46. The number of nitrogens with one attached hydrogen (secondary N) is 1. The smallest absolute Gasteiger partial charge is 0.274 e. The van der Waals surface area contributed by atoms with Gasteiger partial charge in [-0.3, -0.25) is 4.79 Å². The number of ether oxygens (including phenoxy) is 1. The molecule has 24 heavy (non-hydrogen) atoms. The summed E-state index contributed by atoms with van der Waals surface area (Å²) in [5, 5.41) is 3.38. The Balaban J connectivity index is 1.68. The van der Waals surface area contributed by atoms with Crippen LogP contribution in [-0.4, -0.2) is 47.6 Å². The van der Waals surface area contributed by atoms with E-state index in [9.17, 15) is 4.79 Å². The molecule has 1 atom stereocenters. The van der Waals surface area contributed by atoms with Gasteiger partial charge in [-0.25, -0.2) is 4.98 Å². The average molecular weight is 328 g/mol. The Bertz CT molecular complexity index is 692. The Morgan fingerprint density at radius 2 is 2.29 bits per heavy atom. The summed E-state index contributed by atoms with van der Waals surface area (Å²) in [5.74, 6) is 0.708. The van der Waals surface area contributed by atoms with Crippen molar-refractivity contribution in [2.75, 3.05) is 27.2 Å². The summed E-state index contributed by atoms with van der Waals surface area (Å²) in [7, 11) is 3.43. The van der Waals surface area contributed by atoms with Crippen LogP contribution in [0.5, 0.6) is 5.75 Å². The van der Waals surface area contributed by atoms with Crippen LogP contribution in [-0.2, 0) is 6.54 Å². The molecule has 1 amide bonds. The van der Waals surface area contributed by atoms with Crippen LogP contribution in [0.4, 0.5) is 0 Å². The first-order chi connectivity index (χ1) is 11.7. The van der Waals surface area contributed by atoms with Gasteiger partial charge in [0.15, 0.2) is 0 Å². The summed E-state index contributed by atoms with van der Waals surface area (Å²) < 4.78 is 7.40. The summed E-state index contributed by atoms with van der Waals surface area (Å²) >= 11 is 0. The number of para-hydroxylation sites is 1. The van der Waals surface area contributed by atoms with Crippen molar-refractivity contribution in [3.63, 3.8) is 0 Å². The Hall–Kier alpha value is -2.34. The van der Waals surface area contributed by atoms with Crippen molar-refractivity contribution in [2.24, 2.45) is 0 Å². The number of methoxy groups -OCH3 is 1. The number of hydrogen-bond donors (Lipinski definition) is 1. The van der Waals surface area contributed by atoms with E-state index in [1.54, 1.807) is 25.4 Å². The van der Waals surface area contributed by atoms with Crippen LogP contribution in [0, 0.1) is 0 Å². The molecular weight excluding hydrogens is 304 g/mol. The summed E-state index contributed by atoms with van der Waals surface area (Å²) in [6.45, 7) is 2.49. The Morgan fingerprint density at radius 1 is 1.46 bits per heavy atom. The molecule has 2 aromatic rings. The zero-order valence-corrected chi connectivity index (χ0v) is 14.2. The van der Waals surface area contributed by atoms with Crippen LogP contribution in [0.2, 0.25) is 0 Å². The highest BCUT2D eigenvalue weighted by Gasteiger charge is 2.20. The molecule has 1 aromatic heterocycles. The van der Waals surface area contributed by atoms with Gasteiger partial charge < -0.3 is 19.5 Å². The third-order valence-electron chi connectivity index (χ3n) is 4.46. The summed E-state index contributed by atoms with van der Waals surface area (Å²) in [6.07, 6.45) is 5.90. The number of carbonyl (C=O) groups excluding carboxylic acids is 1. The molecule has 1 aliphatic rings. The van der Waals surface area contributed by atoms with Crippen LogP contribution < -0.4 is 10.1 Å². The molecule has 1 N–H and O–H groups in total. The van der Waals surface area contributed by atoms with E-state index in [4.69, 9.17) is 4.74 Å². The van der Waals surface area contributed by atoms with Crippen LogP contribution in [0.1, 0.15) is 34.9 Å². The standard InChI is InChI=1S/C18H24N4O2/c1-21(11-14-6-3-4-8-17(14)24-2)18(23)16-12-22(13-20-16)15-7-5-9-19-10-15/h3-4,6,8,12-13,15,19H,5,7,9-11H2,1-2H3. The molecule has 0 radical (unpaired) electrons. The van der Waals surface area contributed by atoms with Crippen molar-refractivity contribution in [2.45, 2.75) is 25.4 Å². The first-order valence-corrected chi connectivity index (χ1v) is 8.30. The number of hydrogen-bond acceptors (Lipinski definition) is 4. The first kappa shape index (κ1) is 16.5. The second-order valence-electron chi connectivity index (χ2n) is 6.18. The van der Waals surface area contributed by atoms with Gasteiger partial charge in [0.05, 0.1) is 13.4 Å². The Labute approximate surface area is 142 Å². The maximum atomic E-state index is 12.6. The van der Waals surface area contributed by atoms with Gasteiger partial charge in [-0.1, -0.05) is 18.2 Å². The van der Waals surface area contributed by atoms with Gasteiger partial charge in [0.1, 0.15) is 11.4 Å². The molecular formula is C18H24N4O2. The van der Waals surface area contributed by atoms with Gasteiger partial charge >= 0.3 is 0 Å². The fourth-order valence-electron chi connectivity index (χ4n) is 3.09. The van der Waals surface area contributed by atoms with E-state index in [2.05, 4.69) is 14.9 Å². The van der Waals surface area contributed by atoms with Crippen LogP contribution in [0.3, 0.4) is 0 Å². The maximum Gasteiger partial charge on any atom is 0.274 e. The minimum atomic E-state index is -0.0802. The molecule has 6 nitrogen and oxygen atoms in total. The van der Waals surface area contributed by atoms with Gasteiger partial charge in [-0.2, -0.15) is 0 Å². The normalized spacial score (nSPS) is 17.5. The SMILES string of the molecule is COc1ccccc1CN(C)C(=O)c1cn(C2CCCNC2)cn1. The highest BCUT2D eigenvalue weighted by molar-refractivity contribution is 5.91. The zero-order chi connectivity index (χ0) is 16.9. The third kappa shape index (κ3) is 3.59. The van der Waals surface area contributed by atoms with Crippen molar-refractivity contribution in [1.29, 1.82) is 0 Å². The number of amides is 1. The van der Waals surface area contributed by atoms with Gasteiger partial charge in [0.25, 0.3) is 5.91 Å². The molecule has 0 aliphatic carbocycles. The van der Waals surface area contributed by atoms with Gasteiger partial charge in [-0.15, -0.1) is 0 Å². The monoisotopic (exact) mass is 328 g/mol. The Kier molecular flexibility index (Phi) is 5.15. The van der Waals surface area contributed by atoms with Gasteiger partial charge in [0.2, 0.25) is 0 Å². The fraction of sp³-hybridized carbons (Fsp3) is 0.444. The summed E-state index contributed by atoms with van der Waals surface area (Å²) in [5.41, 5.74) is 1.46. The molecule has 1 saturated heterocycles. The van der Waals surface area contributed by atoms with Gasteiger partial charge in [-0.05, 0) is 25.5 Å². The van der Waals surface area contributed by atoms with E-state index in [0.29, 0.717) is 18.3 Å². The van der Waals surface area contributed by atoms with E-state index < -0.39 is 0 Å². The maximum absolute atomic E-state index is 12.6. The number of carbonyl (C=O) groups is 1. The lowest BCUT2D eigenvalue weighted by molar-refractivity contribution is 0.0778. The number of benzene rings is 1. The van der Waals surface area contributed by atoms with Crippen molar-refractivity contribution in [3.05, 3.63) is 48.0 Å². The van der Waals surface area contributed by atoms with E-state index >= 15 is 0 Å². The summed E-state index contributed by atoms with van der Waals surface area (Å²) in [6, 6.07) is 8.12. The molecule has 128 valence electrons. The van der Waals surface area contributed by atoms with Crippen LogP contribution >= 0.6 is 0 Å². The van der Waals surface area contributed by atoms with E-state index in [1.165, 1.54) is 0 Å². The number of imidazole rings is 1. The van der Waals surface area contributed by atoms with E-state index in [1.807, 2.05) is 30.5 Å². The highest BCUT2D eigenvalue weighted by Crippen LogP contribution is 2.20. The molecule has 0 saturated carbocycles. The summed E-state index contributed by atoms with van der Waals surface area (Å²) in [4.78, 5) is 18.6. The van der Waals surface area contributed by atoms with E-state index in [-0.39, 0.29) is 5.91 Å². The van der Waals surface area contributed by atoms with Crippen molar-refractivity contribution < 1.29 is 9.53 Å². The molecule has 0 bridgehead atoms. The van der Waals surface area contributed by atoms with Crippen molar-refractivity contribution >= 4 is 5.91 Å². The number of rotatable bonds is 5. The largest absolute Gasteiger partial charge is 0.496 e. The predicted molar refractivity (Wildman–Crippen MR) is 92.2 cm³/mol. The molecule has 1 unspecified atom stereocenters. The highest BCUT2D eigenvalue weighted by atomic mass is 16.5. The zero-order valence-electron chi connectivity index (χ0n) is 14.2. The van der Waals surface area contributed by atoms with Crippen molar-refractivity contribution in [1.82, 2.24) is 19.8 Å². The van der Waals surface area contributed by atoms with Crippen LogP contribution in [0.15, 0.2) is 36.8 Å². The molecule has 1 aromatic carbocycles. The van der Waals surface area contributed by atoms with Crippen LogP contribution in [0.25, 0.3) is 0 Å². The lowest BCUT2D eigenvalue weighted by Gasteiger charge is -2.23. The fourth-order valence-corrected chi connectivity index (χ4v) is 3.09. The predicted octanol–water partition coefficient (Wildman–Crippen LogP) is 2.09. The molecule has 6 heteroatoms. The molecule has 1 aliphatic heterocycles.